The van der Waals surface area contributed by atoms with Gasteiger partial charge in [-0.05, 0) is 47.3 Å². The molecule has 3 heteroatoms. The maximum Gasteiger partial charge on any atom is 0.117 e. The van der Waals surface area contributed by atoms with Crippen molar-refractivity contribution in [2.75, 3.05) is 18.0 Å². The highest BCUT2D eigenvalue weighted by molar-refractivity contribution is 9.10. The third kappa shape index (κ3) is 2.03. The van der Waals surface area contributed by atoms with Crippen LogP contribution in [0.4, 0.5) is 5.69 Å². The summed E-state index contributed by atoms with van der Waals surface area (Å²) in [6.45, 7) is 2.20. The smallest absolute Gasteiger partial charge is 0.117 e. The van der Waals surface area contributed by atoms with Crippen LogP contribution in [0.2, 0.25) is 0 Å². The molecule has 1 aliphatic rings. The molecule has 0 aromatic heterocycles. The van der Waals surface area contributed by atoms with Gasteiger partial charge in [-0.25, -0.2) is 0 Å². The first-order valence-corrected chi connectivity index (χ1v) is 5.80. The Labute approximate surface area is 92.7 Å². The van der Waals surface area contributed by atoms with E-state index in [1.165, 1.54) is 19.3 Å². The zero-order valence-electron chi connectivity index (χ0n) is 8.04. The average Bonchev–Trinajstić information content (AvgIpc) is 2.23. The molecular formula is C11H14BrNO. The van der Waals surface area contributed by atoms with E-state index in [0.29, 0.717) is 5.75 Å². The van der Waals surface area contributed by atoms with Gasteiger partial charge in [0.25, 0.3) is 0 Å². The summed E-state index contributed by atoms with van der Waals surface area (Å²) < 4.78 is 1.07. The fourth-order valence-corrected chi connectivity index (χ4v) is 2.38. The Kier molecular flexibility index (Phi) is 2.96. The molecule has 1 heterocycles. The van der Waals surface area contributed by atoms with Gasteiger partial charge in [0.2, 0.25) is 0 Å². The number of phenols is 1. The standard InChI is InChI=1S/C11H14BrNO/c12-10-5-4-9(14)8-11(10)13-6-2-1-3-7-13/h4-5,8,14H,1-3,6-7H2. The monoisotopic (exact) mass is 255 g/mol. The second kappa shape index (κ2) is 4.22. The summed E-state index contributed by atoms with van der Waals surface area (Å²) in [6.07, 6.45) is 3.83. The lowest BCUT2D eigenvalue weighted by molar-refractivity contribution is 0.474. The Balaban J connectivity index is 2.24. The summed E-state index contributed by atoms with van der Waals surface area (Å²) in [6, 6.07) is 5.44. The first kappa shape index (κ1) is 9.84. The van der Waals surface area contributed by atoms with E-state index < -0.39 is 0 Å². The van der Waals surface area contributed by atoms with Gasteiger partial charge < -0.3 is 10.0 Å². The van der Waals surface area contributed by atoms with Gasteiger partial charge in [0.15, 0.2) is 0 Å². The Hall–Kier alpha value is -0.700. The van der Waals surface area contributed by atoms with E-state index in [9.17, 15) is 5.11 Å². The molecule has 2 rings (SSSR count). The lowest BCUT2D eigenvalue weighted by Crippen LogP contribution is -2.29. The van der Waals surface area contributed by atoms with Crippen LogP contribution in [0, 0.1) is 0 Å². The highest BCUT2D eigenvalue weighted by atomic mass is 79.9. The fraction of sp³-hybridized carbons (Fsp3) is 0.455. The van der Waals surface area contributed by atoms with E-state index in [-0.39, 0.29) is 0 Å². The van der Waals surface area contributed by atoms with Crippen molar-refractivity contribution in [3.8, 4) is 5.75 Å². The third-order valence-corrected chi connectivity index (χ3v) is 3.30. The second-order valence-corrected chi connectivity index (χ2v) is 4.54. The van der Waals surface area contributed by atoms with Crippen molar-refractivity contribution >= 4 is 21.6 Å². The normalized spacial score (nSPS) is 17.1. The van der Waals surface area contributed by atoms with Gasteiger partial charge >= 0.3 is 0 Å². The average molecular weight is 256 g/mol. The molecule has 0 amide bonds. The summed E-state index contributed by atoms with van der Waals surface area (Å²) in [5.74, 6) is 0.341. The van der Waals surface area contributed by atoms with Gasteiger partial charge in [-0.2, -0.15) is 0 Å². The van der Waals surface area contributed by atoms with E-state index in [2.05, 4.69) is 20.8 Å². The summed E-state index contributed by atoms with van der Waals surface area (Å²) in [5.41, 5.74) is 1.12. The molecule has 0 radical (unpaired) electrons. The van der Waals surface area contributed by atoms with Gasteiger partial charge in [-0.3, -0.25) is 0 Å². The van der Waals surface area contributed by atoms with Crippen LogP contribution in [-0.4, -0.2) is 18.2 Å². The number of phenolic OH excluding ortho intramolecular Hbond substituents is 1. The van der Waals surface area contributed by atoms with Crippen molar-refractivity contribution in [1.29, 1.82) is 0 Å². The molecule has 76 valence electrons. The molecule has 1 saturated heterocycles. The van der Waals surface area contributed by atoms with E-state index >= 15 is 0 Å². The Morgan fingerprint density at radius 3 is 2.57 bits per heavy atom. The van der Waals surface area contributed by atoms with Crippen LogP contribution in [0.25, 0.3) is 0 Å². The molecule has 0 aliphatic carbocycles. The topological polar surface area (TPSA) is 23.5 Å². The number of nitrogens with zero attached hydrogens (tertiary/aromatic N) is 1. The van der Waals surface area contributed by atoms with E-state index in [0.717, 1.165) is 23.2 Å². The summed E-state index contributed by atoms with van der Waals surface area (Å²) in [4.78, 5) is 2.33. The third-order valence-electron chi connectivity index (χ3n) is 2.63. The molecule has 1 aromatic carbocycles. The van der Waals surface area contributed by atoms with Crippen LogP contribution in [0.1, 0.15) is 19.3 Å². The molecule has 1 N–H and O–H groups in total. The van der Waals surface area contributed by atoms with Crippen LogP contribution >= 0.6 is 15.9 Å². The number of hydrogen-bond acceptors (Lipinski definition) is 2. The van der Waals surface area contributed by atoms with Crippen molar-refractivity contribution in [3.05, 3.63) is 22.7 Å². The molecule has 0 saturated carbocycles. The predicted molar refractivity (Wildman–Crippen MR) is 61.9 cm³/mol. The zero-order chi connectivity index (χ0) is 9.97. The molecule has 1 fully saturated rings. The van der Waals surface area contributed by atoms with Crippen molar-refractivity contribution in [3.63, 3.8) is 0 Å². The number of halogens is 1. The largest absolute Gasteiger partial charge is 0.508 e. The van der Waals surface area contributed by atoms with Gasteiger partial charge in [-0.1, -0.05) is 0 Å². The molecule has 14 heavy (non-hydrogen) atoms. The highest BCUT2D eigenvalue weighted by Gasteiger charge is 2.13. The maximum atomic E-state index is 9.42. The quantitative estimate of drug-likeness (QED) is 0.834. The van der Waals surface area contributed by atoms with Crippen LogP contribution in [0.15, 0.2) is 22.7 Å². The van der Waals surface area contributed by atoms with Crippen molar-refractivity contribution in [2.24, 2.45) is 0 Å². The minimum Gasteiger partial charge on any atom is -0.508 e. The van der Waals surface area contributed by atoms with Crippen LogP contribution in [-0.2, 0) is 0 Å². The van der Waals surface area contributed by atoms with Crippen molar-refractivity contribution in [1.82, 2.24) is 0 Å². The highest BCUT2D eigenvalue weighted by Crippen LogP contribution is 2.31. The summed E-state index contributed by atoms with van der Waals surface area (Å²) in [5, 5.41) is 9.42. The van der Waals surface area contributed by atoms with E-state index in [1.54, 1.807) is 6.07 Å². The lowest BCUT2D eigenvalue weighted by atomic mass is 10.1. The van der Waals surface area contributed by atoms with Gasteiger partial charge in [0, 0.05) is 23.6 Å². The van der Waals surface area contributed by atoms with Crippen LogP contribution in [0.5, 0.6) is 5.75 Å². The number of rotatable bonds is 1. The lowest BCUT2D eigenvalue weighted by Gasteiger charge is -2.29. The number of anilines is 1. The molecule has 1 aromatic rings. The number of benzene rings is 1. The van der Waals surface area contributed by atoms with Crippen molar-refractivity contribution in [2.45, 2.75) is 19.3 Å². The predicted octanol–water partition coefficient (Wildman–Crippen LogP) is 3.15. The van der Waals surface area contributed by atoms with Crippen LogP contribution < -0.4 is 4.90 Å². The fourth-order valence-electron chi connectivity index (χ4n) is 1.88. The summed E-state index contributed by atoms with van der Waals surface area (Å²) in [7, 11) is 0. The van der Waals surface area contributed by atoms with E-state index in [4.69, 9.17) is 0 Å². The van der Waals surface area contributed by atoms with Gasteiger partial charge in [0.05, 0.1) is 5.69 Å². The first-order valence-electron chi connectivity index (χ1n) is 5.01. The number of aromatic hydroxyl groups is 1. The SMILES string of the molecule is Oc1ccc(Br)c(N2CCCCC2)c1. The molecule has 0 atom stereocenters. The van der Waals surface area contributed by atoms with Gasteiger partial charge in [0.1, 0.15) is 5.75 Å². The second-order valence-electron chi connectivity index (χ2n) is 3.68. The molecular weight excluding hydrogens is 242 g/mol. The Bertz CT molecular complexity index is 321. The Morgan fingerprint density at radius 1 is 1.14 bits per heavy atom. The maximum absolute atomic E-state index is 9.42. The Morgan fingerprint density at radius 2 is 1.86 bits per heavy atom. The number of hydrogen-bond donors (Lipinski definition) is 1. The molecule has 0 unspecified atom stereocenters. The number of piperidine rings is 1. The van der Waals surface area contributed by atoms with Gasteiger partial charge in [-0.15, -0.1) is 0 Å². The van der Waals surface area contributed by atoms with E-state index in [1.807, 2.05) is 12.1 Å². The molecule has 2 nitrogen and oxygen atoms in total. The molecule has 1 aliphatic heterocycles. The van der Waals surface area contributed by atoms with Crippen molar-refractivity contribution < 1.29 is 5.11 Å². The minimum absolute atomic E-state index is 0.341. The first-order chi connectivity index (χ1) is 6.77. The minimum atomic E-state index is 0.341. The summed E-state index contributed by atoms with van der Waals surface area (Å²) >= 11 is 3.51. The molecule has 0 bridgehead atoms. The zero-order valence-corrected chi connectivity index (χ0v) is 9.63. The van der Waals surface area contributed by atoms with Crippen LogP contribution in [0.3, 0.4) is 0 Å². The molecule has 0 spiro atoms.